The molecule has 0 aromatic carbocycles. The quantitative estimate of drug-likeness (QED) is 0.458. The van der Waals surface area contributed by atoms with Gasteiger partial charge in [-0.25, -0.2) is 0 Å². The second-order valence-electron chi connectivity index (χ2n) is 3.81. The van der Waals surface area contributed by atoms with E-state index in [1.165, 1.54) is 0 Å². The van der Waals surface area contributed by atoms with E-state index in [4.69, 9.17) is 0 Å². The zero-order chi connectivity index (χ0) is 10.1. The molecule has 1 aliphatic carbocycles. The van der Waals surface area contributed by atoms with Gasteiger partial charge in [0.15, 0.2) is 0 Å². The molecular formula is C10H13NO2. The van der Waals surface area contributed by atoms with Gasteiger partial charge in [-0.2, -0.15) is 0 Å². The lowest BCUT2D eigenvalue weighted by Crippen LogP contribution is -2.01. The van der Waals surface area contributed by atoms with Crippen molar-refractivity contribution < 1.29 is 4.92 Å². The van der Waals surface area contributed by atoms with E-state index in [-0.39, 0.29) is 16.0 Å². The second kappa shape index (κ2) is 3.17. The van der Waals surface area contributed by atoms with Crippen LogP contribution in [0.25, 0.3) is 0 Å². The molecule has 0 saturated carbocycles. The summed E-state index contributed by atoms with van der Waals surface area (Å²) in [5.74, 6) is 0. The van der Waals surface area contributed by atoms with Gasteiger partial charge >= 0.3 is 0 Å². The van der Waals surface area contributed by atoms with Gasteiger partial charge in [-0.15, -0.1) is 0 Å². The predicted molar refractivity (Wildman–Crippen MR) is 51.8 cm³/mol. The lowest BCUT2D eigenvalue weighted by Gasteiger charge is -2.11. The first kappa shape index (κ1) is 9.71. The van der Waals surface area contributed by atoms with E-state index in [2.05, 4.69) is 0 Å². The van der Waals surface area contributed by atoms with E-state index in [1.807, 2.05) is 26.0 Å². The average molecular weight is 179 g/mol. The molecule has 0 fully saturated rings. The normalized spacial score (nSPS) is 20.2. The van der Waals surface area contributed by atoms with E-state index in [0.717, 1.165) is 0 Å². The summed E-state index contributed by atoms with van der Waals surface area (Å²) >= 11 is 0. The number of allylic oxidation sites excluding steroid dienone is 5. The third-order valence-corrected chi connectivity index (χ3v) is 2.03. The van der Waals surface area contributed by atoms with Crippen LogP contribution in [0.2, 0.25) is 0 Å². The number of nitrogens with zero attached hydrogens (tertiary/aromatic N) is 1. The summed E-state index contributed by atoms with van der Waals surface area (Å²) in [6.07, 6.45) is 7.20. The Morgan fingerprint density at radius 2 is 1.85 bits per heavy atom. The molecule has 13 heavy (non-hydrogen) atoms. The molecule has 3 nitrogen and oxygen atoms in total. The predicted octanol–water partition coefficient (Wildman–Crippen LogP) is 2.69. The minimum Gasteiger partial charge on any atom is -0.258 e. The van der Waals surface area contributed by atoms with Crippen LogP contribution in [0.1, 0.15) is 20.8 Å². The van der Waals surface area contributed by atoms with Gasteiger partial charge in [0, 0.05) is 17.1 Å². The van der Waals surface area contributed by atoms with Gasteiger partial charge in [-0.05, 0) is 6.92 Å². The summed E-state index contributed by atoms with van der Waals surface area (Å²) in [6.45, 7) is 5.77. The maximum atomic E-state index is 10.6. The minimum atomic E-state index is -0.350. The highest BCUT2D eigenvalue weighted by Gasteiger charge is 2.17. The second-order valence-corrected chi connectivity index (χ2v) is 3.81. The highest BCUT2D eigenvalue weighted by atomic mass is 16.6. The summed E-state index contributed by atoms with van der Waals surface area (Å²) in [5, 5.41) is 10.6. The molecular weight excluding hydrogens is 166 g/mol. The van der Waals surface area contributed by atoms with E-state index >= 15 is 0 Å². The van der Waals surface area contributed by atoms with Crippen LogP contribution in [-0.2, 0) is 0 Å². The molecule has 3 heteroatoms. The lowest BCUT2D eigenvalue weighted by molar-refractivity contribution is -0.419. The third-order valence-electron chi connectivity index (χ3n) is 2.03. The Bertz CT molecular complexity index is 322. The van der Waals surface area contributed by atoms with Crippen molar-refractivity contribution in [3.8, 4) is 0 Å². The van der Waals surface area contributed by atoms with E-state index in [0.29, 0.717) is 5.57 Å². The van der Waals surface area contributed by atoms with Crippen molar-refractivity contribution in [2.75, 3.05) is 0 Å². The fraction of sp³-hybridized carbons (Fsp3) is 0.400. The summed E-state index contributed by atoms with van der Waals surface area (Å²) in [6, 6.07) is 0. The SMILES string of the molecule is CC1=C([N+](=O)[O-])C=CC(C)(C)C=C1. The van der Waals surface area contributed by atoms with Crippen molar-refractivity contribution >= 4 is 0 Å². The zero-order valence-corrected chi connectivity index (χ0v) is 8.07. The summed E-state index contributed by atoms with van der Waals surface area (Å²) < 4.78 is 0. The zero-order valence-electron chi connectivity index (χ0n) is 8.07. The van der Waals surface area contributed by atoms with Gasteiger partial charge in [0.05, 0.1) is 4.92 Å². The molecule has 1 rings (SSSR count). The van der Waals surface area contributed by atoms with Crippen LogP contribution in [-0.4, -0.2) is 4.92 Å². The first-order valence-electron chi connectivity index (χ1n) is 4.16. The van der Waals surface area contributed by atoms with Gasteiger partial charge in [-0.1, -0.05) is 32.1 Å². The number of hydrogen-bond donors (Lipinski definition) is 0. The molecule has 0 amide bonds. The van der Waals surface area contributed by atoms with Crippen LogP contribution >= 0.6 is 0 Å². The van der Waals surface area contributed by atoms with Crippen molar-refractivity contribution in [3.05, 3.63) is 45.7 Å². The molecule has 0 radical (unpaired) electrons. The van der Waals surface area contributed by atoms with Crippen LogP contribution in [0.4, 0.5) is 0 Å². The molecule has 0 heterocycles. The Kier molecular flexibility index (Phi) is 2.36. The maximum Gasteiger partial charge on any atom is 0.271 e. The minimum absolute atomic E-state index is 0.0982. The molecule has 0 saturated heterocycles. The maximum absolute atomic E-state index is 10.6. The Labute approximate surface area is 77.6 Å². The van der Waals surface area contributed by atoms with Crippen molar-refractivity contribution in [2.45, 2.75) is 20.8 Å². The number of hydrogen-bond acceptors (Lipinski definition) is 2. The molecule has 0 aliphatic heterocycles. The van der Waals surface area contributed by atoms with Crippen LogP contribution in [0.3, 0.4) is 0 Å². The number of nitro groups is 1. The van der Waals surface area contributed by atoms with Gasteiger partial charge in [0.25, 0.3) is 5.70 Å². The summed E-state index contributed by atoms with van der Waals surface area (Å²) in [5.41, 5.74) is 0.785. The average Bonchev–Trinajstić information content (AvgIpc) is 2.11. The van der Waals surface area contributed by atoms with E-state index in [1.54, 1.807) is 19.1 Å². The molecule has 0 bridgehead atoms. The van der Waals surface area contributed by atoms with Crippen LogP contribution < -0.4 is 0 Å². The summed E-state index contributed by atoms with van der Waals surface area (Å²) in [4.78, 5) is 10.2. The molecule has 0 unspecified atom stereocenters. The third kappa shape index (κ3) is 2.28. The lowest BCUT2D eigenvalue weighted by atomic mass is 9.93. The molecule has 0 aromatic heterocycles. The fourth-order valence-electron chi connectivity index (χ4n) is 1.11. The number of rotatable bonds is 1. The van der Waals surface area contributed by atoms with E-state index in [9.17, 15) is 10.1 Å². The van der Waals surface area contributed by atoms with Gasteiger partial charge in [0.2, 0.25) is 0 Å². The Hall–Kier alpha value is -1.38. The highest BCUT2D eigenvalue weighted by molar-refractivity contribution is 5.33. The molecule has 0 aromatic rings. The van der Waals surface area contributed by atoms with Gasteiger partial charge in [-0.3, -0.25) is 10.1 Å². The van der Waals surface area contributed by atoms with Gasteiger partial charge < -0.3 is 0 Å². The van der Waals surface area contributed by atoms with Crippen molar-refractivity contribution in [1.82, 2.24) is 0 Å². The van der Waals surface area contributed by atoms with Gasteiger partial charge in [0.1, 0.15) is 0 Å². The summed E-state index contributed by atoms with van der Waals surface area (Å²) in [7, 11) is 0. The van der Waals surface area contributed by atoms with Crippen LogP contribution in [0.15, 0.2) is 35.6 Å². The Balaban J connectivity index is 3.12. The Morgan fingerprint density at radius 3 is 2.38 bits per heavy atom. The Morgan fingerprint density at radius 1 is 1.31 bits per heavy atom. The molecule has 1 aliphatic rings. The first-order valence-corrected chi connectivity index (χ1v) is 4.16. The molecule has 0 spiro atoms. The molecule has 0 atom stereocenters. The molecule has 70 valence electrons. The fourth-order valence-corrected chi connectivity index (χ4v) is 1.11. The monoisotopic (exact) mass is 179 g/mol. The van der Waals surface area contributed by atoms with Crippen LogP contribution in [0.5, 0.6) is 0 Å². The smallest absolute Gasteiger partial charge is 0.258 e. The standard InChI is InChI=1S/C10H13NO2/c1-8-4-6-10(2,3)7-5-9(8)11(12)13/h4-7H,1-3H3. The van der Waals surface area contributed by atoms with Crippen LogP contribution in [0, 0.1) is 15.5 Å². The van der Waals surface area contributed by atoms with Crippen molar-refractivity contribution in [2.24, 2.45) is 5.41 Å². The topological polar surface area (TPSA) is 43.1 Å². The highest BCUT2D eigenvalue weighted by Crippen LogP contribution is 2.25. The molecule has 0 N–H and O–H groups in total. The van der Waals surface area contributed by atoms with Crippen molar-refractivity contribution in [1.29, 1.82) is 0 Å². The largest absolute Gasteiger partial charge is 0.271 e. The van der Waals surface area contributed by atoms with E-state index < -0.39 is 0 Å². The van der Waals surface area contributed by atoms with Crippen molar-refractivity contribution in [3.63, 3.8) is 0 Å². The first-order chi connectivity index (χ1) is 5.92.